The van der Waals surface area contributed by atoms with Crippen molar-refractivity contribution in [2.75, 3.05) is 31.5 Å². The summed E-state index contributed by atoms with van der Waals surface area (Å²) in [4.78, 5) is 21.5. The molecule has 2 aliphatic rings. The van der Waals surface area contributed by atoms with E-state index in [-0.39, 0.29) is 37.5 Å². The van der Waals surface area contributed by atoms with E-state index in [1.54, 1.807) is 6.07 Å². The number of nitrogens with zero attached hydrogens (tertiary/aromatic N) is 4. The van der Waals surface area contributed by atoms with Gasteiger partial charge >= 0.3 is 11.9 Å². The Morgan fingerprint density at radius 1 is 1.39 bits per heavy atom. The maximum atomic E-state index is 12.8. The zero-order chi connectivity index (χ0) is 23.8. The first kappa shape index (κ1) is 23.1. The van der Waals surface area contributed by atoms with Crippen LogP contribution in [-0.4, -0.2) is 46.7 Å². The molecule has 0 saturated carbocycles. The summed E-state index contributed by atoms with van der Waals surface area (Å²) in [6.45, 7) is 7.05. The van der Waals surface area contributed by atoms with E-state index < -0.39 is 23.2 Å². The van der Waals surface area contributed by atoms with Gasteiger partial charge in [-0.05, 0) is 24.0 Å². The predicted molar refractivity (Wildman–Crippen MR) is 112 cm³/mol. The molecule has 1 fully saturated rings. The summed E-state index contributed by atoms with van der Waals surface area (Å²) >= 11 is 0. The highest BCUT2D eigenvalue weighted by molar-refractivity contribution is 5.49. The molecule has 0 aliphatic carbocycles. The number of hydrogen-bond acceptors (Lipinski definition) is 8. The summed E-state index contributed by atoms with van der Waals surface area (Å²) in [6, 6.07) is 3.87. The summed E-state index contributed by atoms with van der Waals surface area (Å²) in [6.07, 6.45) is -2.98. The van der Waals surface area contributed by atoms with Gasteiger partial charge in [0.2, 0.25) is 5.88 Å². The maximum absolute atomic E-state index is 12.8. The molecule has 1 saturated heterocycles. The quantitative estimate of drug-likeness (QED) is 0.589. The Kier molecular flexibility index (Phi) is 6.06. The average Bonchev–Trinajstić information content (AvgIpc) is 3.25. The van der Waals surface area contributed by atoms with Gasteiger partial charge in [0.15, 0.2) is 0 Å². The van der Waals surface area contributed by atoms with Crippen molar-refractivity contribution in [3.63, 3.8) is 0 Å². The fourth-order valence-corrected chi connectivity index (χ4v) is 3.82. The molecule has 0 radical (unpaired) electrons. The van der Waals surface area contributed by atoms with Crippen molar-refractivity contribution in [3.8, 4) is 11.6 Å². The number of alkyl halides is 3. The lowest BCUT2D eigenvalue weighted by Crippen LogP contribution is -2.52. The second-order valence-electron chi connectivity index (χ2n) is 8.36. The summed E-state index contributed by atoms with van der Waals surface area (Å²) in [5.41, 5.74) is 4.77. The fraction of sp³-hybridized carbons (Fsp3) is 0.476. The molecule has 2 aliphatic heterocycles. The van der Waals surface area contributed by atoms with Gasteiger partial charge in [-0.25, -0.2) is 4.79 Å². The Labute approximate surface area is 187 Å². The number of nitrogens with two attached hydrogens (primary N) is 1. The highest BCUT2D eigenvalue weighted by Crippen LogP contribution is 2.34. The molecule has 12 heteroatoms. The Morgan fingerprint density at radius 3 is 2.94 bits per heavy atom. The van der Waals surface area contributed by atoms with Crippen molar-refractivity contribution in [2.45, 2.75) is 31.7 Å². The van der Waals surface area contributed by atoms with E-state index in [1.807, 2.05) is 11.8 Å². The van der Waals surface area contributed by atoms with Crippen molar-refractivity contribution >= 4 is 5.82 Å². The van der Waals surface area contributed by atoms with Gasteiger partial charge in [0.05, 0.1) is 19.8 Å². The van der Waals surface area contributed by atoms with Crippen LogP contribution in [0.25, 0.3) is 0 Å². The minimum atomic E-state index is -4.54. The number of anilines is 1. The third-order valence-corrected chi connectivity index (χ3v) is 5.40. The molecule has 178 valence electrons. The first-order chi connectivity index (χ1) is 15.5. The van der Waals surface area contributed by atoms with E-state index in [4.69, 9.17) is 19.9 Å². The van der Waals surface area contributed by atoms with Crippen molar-refractivity contribution in [1.29, 1.82) is 0 Å². The number of halogens is 3. The van der Waals surface area contributed by atoms with E-state index in [2.05, 4.69) is 16.5 Å². The van der Waals surface area contributed by atoms with Crippen LogP contribution in [-0.2, 0) is 17.5 Å². The van der Waals surface area contributed by atoms with E-state index in [0.717, 1.165) is 12.3 Å². The SMILES string of the molecule is C=C(COc1ccnc(C(F)(F)F)c1)CC(C)COc1cc2n(c(=O)n1)CC1(N)COCN21. The third-order valence-electron chi connectivity index (χ3n) is 5.40. The van der Waals surface area contributed by atoms with Gasteiger partial charge in [-0.15, -0.1) is 0 Å². The van der Waals surface area contributed by atoms with Crippen LogP contribution < -0.4 is 25.8 Å². The zero-order valence-corrected chi connectivity index (χ0v) is 18.0. The number of pyridine rings is 1. The third kappa shape index (κ3) is 4.96. The summed E-state index contributed by atoms with van der Waals surface area (Å²) in [5, 5.41) is 0. The summed E-state index contributed by atoms with van der Waals surface area (Å²) < 4.78 is 56.3. The van der Waals surface area contributed by atoms with Crippen LogP contribution in [0.4, 0.5) is 19.0 Å². The van der Waals surface area contributed by atoms with Crippen LogP contribution >= 0.6 is 0 Å². The Balaban J connectivity index is 1.29. The van der Waals surface area contributed by atoms with E-state index in [0.29, 0.717) is 31.0 Å². The number of hydrogen-bond donors (Lipinski definition) is 1. The van der Waals surface area contributed by atoms with Crippen LogP contribution in [0, 0.1) is 5.92 Å². The second-order valence-corrected chi connectivity index (χ2v) is 8.36. The van der Waals surface area contributed by atoms with E-state index in [1.165, 1.54) is 10.6 Å². The summed E-state index contributed by atoms with van der Waals surface area (Å²) in [7, 11) is 0. The van der Waals surface area contributed by atoms with Crippen LogP contribution in [0.5, 0.6) is 11.6 Å². The smallest absolute Gasteiger partial charge is 0.433 e. The molecule has 0 spiro atoms. The molecule has 4 rings (SSSR count). The van der Waals surface area contributed by atoms with Gasteiger partial charge in [-0.2, -0.15) is 18.2 Å². The van der Waals surface area contributed by atoms with Gasteiger partial charge in [-0.3, -0.25) is 9.55 Å². The summed E-state index contributed by atoms with van der Waals surface area (Å²) in [5.74, 6) is 0.844. The molecule has 2 N–H and O–H groups in total. The largest absolute Gasteiger partial charge is 0.489 e. The van der Waals surface area contributed by atoms with Crippen LogP contribution in [0.2, 0.25) is 0 Å². The van der Waals surface area contributed by atoms with Crippen molar-refractivity contribution < 1.29 is 27.4 Å². The first-order valence-corrected chi connectivity index (χ1v) is 10.3. The molecule has 2 unspecified atom stereocenters. The molecule has 2 aromatic heterocycles. The molecule has 9 nitrogen and oxygen atoms in total. The standard InChI is InChI=1S/C21H24F3N5O4/c1-13(8-32-15-3-4-26-16(6-15)21(22,23)24)5-14(2)9-33-17-7-18-28(19(30)27-17)10-20(25)11-31-12-29(18)20/h3-4,6-7,14H,1,5,8-12,25H2,2H3. The van der Waals surface area contributed by atoms with Gasteiger partial charge in [0.25, 0.3) is 0 Å². The number of ether oxygens (including phenoxy) is 3. The molecule has 4 heterocycles. The van der Waals surface area contributed by atoms with Crippen molar-refractivity contribution in [1.82, 2.24) is 14.5 Å². The van der Waals surface area contributed by atoms with E-state index in [9.17, 15) is 18.0 Å². The van der Waals surface area contributed by atoms with Gasteiger partial charge in [0, 0.05) is 18.3 Å². The average molecular weight is 467 g/mol. The molecule has 0 amide bonds. The Morgan fingerprint density at radius 2 is 2.18 bits per heavy atom. The zero-order valence-electron chi connectivity index (χ0n) is 18.0. The lowest BCUT2D eigenvalue weighted by Gasteiger charge is -2.24. The number of fused-ring (bicyclic) bond motifs is 3. The van der Waals surface area contributed by atoms with E-state index >= 15 is 0 Å². The van der Waals surface area contributed by atoms with Gasteiger partial charge < -0.3 is 24.8 Å². The fourth-order valence-electron chi connectivity index (χ4n) is 3.82. The number of aromatic nitrogens is 3. The molecule has 33 heavy (non-hydrogen) atoms. The molecule has 0 bridgehead atoms. The van der Waals surface area contributed by atoms with Crippen molar-refractivity contribution in [2.24, 2.45) is 11.7 Å². The molecule has 2 aromatic rings. The topological polar surface area (TPSA) is 105 Å². The maximum Gasteiger partial charge on any atom is 0.433 e. The monoisotopic (exact) mass is 467 g/mol. The molecular weight excluding hydrogens is 443 g/mol. The van der Waals surface area contributed by atoms with Gasteiger partial charge in [0.1, 0.15) is 36.3 Å². The lowest BCUT2D eigenvalue weighted by atomic mass is 10.0. The van der Waals surface area contributed by atoms with Crippen LogP contribution in [0.15, 0.2) is 41.3 Å². The Bertz CT molecular complexity index is 1110. The molecular formula is C21H24F3N5O4. The van der Waals surface area contributed by atoms with Crippen LogP contribution in [0.1, 0.15) is 19.0 Å². The minimum Gasteiger partial charge on any atom is -0.489 e. The highest BCUT2D eigenvalue weighted by Gasteiger charge is 2.46. The lowest BCUT2D eigenvalue weighted by molar-refractivity contribution is -0.141. The first-order valence-electron chi connectivity index (χ1n) is 10.3. The van der Waals surface area contributed by atoms with Crippen molar-refractivity contribution in [3.05, 3.63) is 52.7 Å². The minimum absolute atomic E-state index is 0.00851. The Hall–Kier alpha value is -3.12. The molecule has 2 atom stereocenters. The van der Waals surface area contributed by atoms with Crippen LogP contribution in [0.3, 0.4) is 0 Å². The normalized spacial score (nSPS) is 20.3. The number of rotatable bonds is 8. The van der Waals surface area contributed by atoms with Gasteiger partial charge in [-0.1, -0.05) is 13.5 Å². The highest BCUT2D eigenvalue weighted by atomic mass is 19.4. The second kappa shape index (κ2) is 8.67. The predicted octanol–water partition coefficient (Wildman–Crippen LogP) is 2.16. The molecule has 0 aromatic carbocycles.